The van der Waals surface area contributed by atoms with Crippen LogP contribution in [-0.2, 0) is 5.75 Å². The third-order valence-corrected chi connectivity index (χ3v) is 4.54. The summed E-state index contributed by atoms with van der Waals surface area (Å²) < 4.78 is 5.20. The molecule has 3 aromatic rings. The van der Waals surface area contributed by atoms with Gasteiger partial charge in [-0.1, -0.05) is 11.2 Å². The molecule has 0 spiro atoms. The van der Waals surface area contributed by atoms with Gasteiger partial charge in [0.05, 0.1) is 16.2 Å². The lowest BCUT2D eigenvalue weighted by molar-refractivity contribution is 0.0697. The van der Waals surface area contributed by atoms with Crippen LogP contribution in [0.5, 0.6) is 0 Å². The maximum Gasteiger partial charge on any atom is 0.335 e. The SMILES string of the molecule is O=C(O)c1ccc(SCc2nc(-c3cccs3)no2)cc1. The van der Waals surface area contributed by atoms with Gasteiger partial charge in [-0.3, -0.25) is 0 Å². The molecular formula is C14H10N2O3S2. The Kier molecular flexibility index (Phi) is 4.03. The van der Waals surface area contributed by atoms with Crippen LogP contribution in [0, 0.1) is 0 Å². The highest BCUT2D eigenvalue weighted by Gasteiger charge is 2.10. The Morgan fingerprint density at radius 2 is 2.10 bits per heavy atom. The molecule has 0 aliphatic carbocycles. The number of carbonyl (C=O) groups is 1. The van der Waals surface area contributed by atoms with Gasteiger partial charge in [0.25, 0.3) is 0 Å². The summed E-state index contributed by atoms with van der Waals surface area (Å²) in [6, 6.07) is 10.6. The van der Waals surface area contributed by atoms with Gasteiger partial charge in [0.1, 0.15) is 0 Å². The maximum atomic E-state index is 10.8. The summed E-state index contributed by atoms with van der Waals surface area (Å²) in [6.07, 6.45) is 0. The van der Waals surface area contributed by atoms with E-state index in [2.05, 4.69) is 10.1 Å². The van der Waals surface area contributed by atoms with Gasteiger partial charge in [0.2, 0.25) is 11.7 Å². The van der Waals surface area contributed by atoms with E-state index in [-0.39, 0.29) is 5.56 Å². The lowest BCUT2D eigenvalue weighted by Gasteiger charge is -1.99. The summed E-state index contributed by atoms with van der Waals surface area (Å²) in [5.41, 5.74) is 0.275. The van der Waals surface area contributed by atoms with Gasteiger partial charge < -0.3 is 9.63 Å². The lowest BCUT2D eigenvalue weighted by Crippen LogP contribution is -1.94. The average Bonchev–Trinajstić information content (AvgIpc) is 3.16. The lowest BCUT2D eigenvalue weighted by atomic mass is 10.2. The first kappa shape index (κ1) is 13.8. The highest BCUT2D eigenvalue weighted by molar-refractivity contribution is 7.98. The largest absolute Gasteiger partial charge is 0.478 e. The number of thiophene rings is 1. The van der Waals surface area contributed by atoms with Gasteiger partial charge in [0, 0.05) is 4.90 Å². The van der Waals surface area contributed by atoms with E-state index in [1.54, 1.807) is 35.6 Å². The number of carboxylic acid groups (broad SMARTS) is 1. The van der Waals surface area contributed by atoms with E-state index < -0.39 is 5.97 Å². The van der Waals surface area contributed by atoms with Crippen molar-refractivity contribution in [3.63, 3.8) is 0 Å². The molecule has 0 saturated heterocycles. The van der Waals surface area contributed by atoms with Crippen molar-refractivity contribution in [3.8, 4) is 10.7 Å². The van der Waals surface area contributed by atoms with Crippen molar-refractivity contribution < 1.29 is 14.4 Å². The summed E-state index contributed by atoms with van der Waals surface area (Å²) in [4.78, 5) is 17.0. The molecule has 3 rings (SSSR count). The normalized spacial score (nSPS) is 10.7. The van der Waals surface area contributed by atoms with Crippen LogP contribution in [0.4, 0.5) is 0 Å². The van der Waals surface area contributed by atoms with Crippen molar-refractivity contribution in [2.45, 2.75) is 10.6 Å². The van der Waals surface area contributed by atoms with Crippen LogP contribution < -0.4 is 0 Å². The fourth-order valence-electron chi connectivity index (χ4n) is 1.66. The zero-order chi connectivity index (χ0) is 14.7. The van der Waals surface area contributed by atoms with Crippen LogP contribution in [0.2, 0.25) is 0 Å². The minimum Gasteiger partial charge on any atom is -0.478 e. The van der Waals surface area contributed by atoms with Gasteiger partial charge in [-0.25, -0.2) is 4.79 Å². The van der Waals surface area contributed by atoms with Gasteiger partial charge >= 0.3 is 5.97 Å². The molecule has 0 aliphatic rings. The third-order valence-electron chi connectivity index (χ3n) is 2.67. The maximum absolute atomic E-state index is 10.8. The van der Waals surface area contributed by atoms with Crippen molar-refractivity contribution in [2.75, 3.05) is 0 Å². The number of nitrogens with zero attached hydrogens (tertiary/aromatic N) is 2. The summed E-state index contributed by atoms with van der Waals surface area (Å²) in [6.45, 7) is 0. The Balaban J connectivity index is 1.64. The molecule has 21 heavy (non-hydrogen) atoms. The number of thioether (sulfide) groups is 1. The third kappa shape index (κ3) is 3.32. The van der Waals surface area contributed by atoms with Gasteiger partial charge in [-0.2, -0.15) is 4.98 Å². The van der Waals surface area contributed by atoms with Crippen molar-refractivity contribution in [1.29, 1.82) is 0 Å². The number of benzene rings is 1. The average molecular weight is 318 g/mol. The van der Waals surface area contributed by atoms with Crippen LogP contribution in [0.25, 0.3) is 10.7 Å². The molecule has 5 nitrogen and oxygen atoms in total. The Morgan fingerprint density at radius 1 is 1.29 bits per heavy atom. The predicted octanol–water partition coefficient (Wildman–Crippen LogP) is 3.79. The predicted molar refractivity (Wildman–Crippen MR) is 80.6 cm³/mol. The van der Waals surface area contributed by atoms with Crippen molar-refractivity contribution >= 4 is 29.1 Å². The summed E-state index contributed by atoms with van der Waals surface area (Å²) in [7, 11) is 0. The molecule has 0 saturated carbocycles. The molecule has 106 valence electrons. The first-order chi connectivity index (χ1) is 10.2. The fraction of sp³-hybridized carbons (Fsp3) is 0.0714. The van der Waals surface area contributed by atoms with E-state index in [4.69, 9.17) is 9.63 Å². The van der Waals surface area contributed by atoms with Crippen LogP contribution in [0.1, 0.15) is 16.2 Å². The molecule has 2 heterocycles. The Hall–Kier alpha value is -2.12. The molecule has 1 aromatic carbocycles. The molecule has 2 aromatic heterocycles. The smallest absolute Gasteiger partial charge is 0.335 e. The molecule has 0 fully saturated rings. The molecule has 0 atom stereocenters. The van der Waals surface area contributed by atoms with Gasteiger partial charge in [-0.15, -0.1) is 23.1 Å². The van der Waals surface area contributed by atoms with Crippen molar-refractivity contribution in [1.82, 2.24) is 10.1 Å². The first-order valence-electron chi connectivity index (χ1n) is 6.05. The van der Waals surface area contributed by atoms with Crippen molar-refractivity contribution in [3.05, 3.63) is 53.2 Å². The van der Waals surface area contributed by atoms with E-state index in [0.717, 1.165) is 9.77 Å². The minimum atomic E-state index is -0.927. The molecule has 0 amide bonds. The second-order valence-electron chi connectivity index (χ2n) is 4.11. The topological polar surface area (TPSA) is 76.2 Å². The molecular weight excluding hydrogens is 308 g/mol. The molecule has 0 radical (unpaired) electrons. The Morgan fingerprint density at radius 3 is 2.76 bits per heavy atom. The molecule has 0 aliphatic heterocycles. The van der Waals surface area contributed by atoms with E-state index in [0.29, 0.717) is 17.5 Å². The van der Waals surface area contributed by atoms with E-state index in [9.17, 15) is 4.79 Å². The number of aromatic carboxylic acids is 1. The number of hydrogen-bond acceptors (Lipinski definition) is 6. The zero-order valence-electron chi connectivity index (χ0n) is 10.7. The Labute approximate surface area is 128 Å². The summed E-state index contributed by atoms with van der Waals surface area (Å²) in [5.74, 6) is 0.765. The Bertz CT molecular complexity index is 736. The van der Waals surface area contributed by atoms with Gasteiger partial charge in [0.15, 0.2) is 0 Å². The van der Waals surface area contributed by atoms with E-state index in [1.165, 1.54) is 11.8 Å². The van der Waals surface area contributed by atoms with Crippen LogP contribution >= 0.6 is 23.1 Å². The standard InChI is InChI=1S/C14H10N2O3S2/c17-14(18)9-3-5-10(6-4-9)21-8-12-15-13(16-19-12)11-2-1-7-20-11/h1-7H,8H2,(H,17,18). The first-order valence-corrected chi connectivity index (χ1v) is 7.91. The molecule has 1 N–H and O–H groups in total. The fourth-order valence-corrected chi connectivity index (χ4v) is 3.04. The highest BCUT2D eigenvalue weighted by Crippen LogP contribution is 2.25. The zero-order valence-corrected chi connectivity index (χ0v) is 12.4. The van der Waals surface area contributed by atoms with Crippen LogP contribution in [0.15, 0.2) is 51.2 Å². The van der Waals surface area contributed by atoms with Crippen LogP contribution in [0.3, 0.4) is 0 Å². The summed E-state index contributed by atoms with van der Waals surface area (Å²) >= 11 is 3.08. The molecule has 0 bridgehead atoms. The van der Waals surface area contributed by atoms with E-state index >= 15 is 0 Å². The number of hydrogen-bond donors (Lipinski definition) is 1. The second-order valence-corrected chi connectivity index (χ2v) is 6.10. The molecule has 0 unspecified atom stereocenters. The quantitative estimate of drug-likeness (QED) is 0.721. The van der Waals surface area contributed by atoms with Crippen LogP contribution in [-0.4, -0.2) is 21.2 Å². The number of rotatable bonds is 5. The molecule has 7 heteroatoms. The van der Waals surface area contributed by atoms with Gasteiger partial charge in [-0.05, 0) is 35.7 Å². The second kappa shape index (κ2) is 6.11. The number of carboxylic acids is 1. The monoisotopic (exact) mass is 318 g/mol. The van der Waals surface area contributed by atoms with E-state index in [1.807, 2.05) is 17.5 Å². The minimum absolute atomic E-state index is 0.275. The highest BCUT2D eigenvalue weighted by atomic mass is 32.2. The van der Waals surface area contributed by atoms with Crippen molar-refractivity contribution in [2.24, 2.45) is 0 Å². The number of aromatic nitrogens is 2. The summed E-state index contributed by atoms with van der Waals surface area (Å²) in [5, 5.41) is 14.7.